The lowest BCUT2D eigenvalue weighted by Gasteiger charge is -2.22. The van der Waals surface area contributed by atoms with Crippen LogP contribution >= 0.6 is 11.6 Å². The summed E-state index contributed by atoms with van der Waals surface area (Å²) in [5, 5.41) is 9.55. The Kier molecular flexibility index (Phi) is 4.45. The number of hydrogen-bond donors (Lipinski definition) is 1. The molecule has 0 saturated heterocycles. The zero-order chi connectivity index (χ0) is 13.8. The number of halogens is 1. The van der Waals surface area contributed by atoms with Gasteiger partial charge in [0.1, 0.15) is 11.9 Å². The number of rotatable bonds is 6. The van der Waals surface area contributed by atoms with Crippen LogP contribution in [0.5, 0.6) is 5.75 Å². The molecule has 5 heteroatoms. The Labute approximate surface area is 117 Å². The highest BCUT2D eigenvalue weighted by atomic mass is 35.5. The summed E-state index contributed by atoms with van der Waals surface area (Å²) in [6, 6.07) is 5.54. The predicted octanol–water partition coefficient (Wildman–Crippen LogP) is 2.22. The number of benzene rings is 1. The number of carboxylic acid groups (broad SMARTS) is 1. The SMILES string of the molecule is C=CCN(CC(=O)O)CC1Cc2cc(Cl)ccc2O1. The molecule has 0 amide bonds. The van der Waals surface area contributed by atoms with Gasteiger partial charge in [0.2, 0.25) is 0 Å². The average molecular weight is 282 g/mol. The second-order valence-corrected chi connectivity index (χ2v) is 5.01. The first-order valence-electron chi connectivity index (χ1n) is 6.08. The fraction of sp³-hybridized carbons (Fsp3) is 0.357. The summed E-state index contributed by atoms with van der Waals surface area (Å²) in [6.45, 7) is 4.72. The summed E-state index contributed by atoms with van der Waals surface area (Å²) >= 11 is 5.94. The fourth-order valence-electron chi connectivity index (χ4n) is 2.26. The predicted molar refractivity (Wildman–Crippen MR) is 73.8 cm³/mol. The van der Waals surface area contributed by atoms with Crippen molar-refractivity contribution in [2.45, 2.75) is 12.5 Å². The molecular weight excluding hydrogens is 266 g/mol. The first-order chi connectivity index (χ1) is 9.08. The highest BCUT2D eigenvalue weighted by molar-refractivity contribution is 6.30. The van der Waals surface area contributed by atoms with E-state index in [-0.39, 0.29) is 12.6 Å². The lowest BCUT2D eigenvalue weighted by atomic mass is 10.1. The van der Waals surface area contributed by atoms with Crippen LogP contribution < -0.4 is 4.74 Å². The third kappa shape index (κ3) is 3.72. The molecule has 1 N–H and O–H groups in total. The van der Waals surface area contributed by atoms with E-state index in [0.717, 1.165) is 17.7 Å². The Morgan fingerprint density at radius 2 is 2.42 bits per heavy atom. The number of carboxylic acids is 1. The summed E-state index contributed by atoms with van der Waals surface area (Å²) in [5.74, 6) is -0.0105. The molecule has 2 rings (SSSR count). The topological polar surface area (TPSA) is 49.8 Å². The van der Waals surface area contributed by atoms with E-state index in [1.807, 2.05) is 12.1 Å². The van der Waals surface area contributed by atoms with Crippen LogP contribution in [0.3, 0.4) is 0 Å². The van der Waals surface area contributed by atoms with E-state index in [1.54, 1.807) is 17.0 Å². The van der Waals surface area contributed by atoms with Crippen molar-refractivity contribution in [2.75, 3.05) is 19.6 Å². The zero-order valence-corrected chi connectivity index (χ0v) is 11.3. The zero-order valence-electron chi connectivity index (χ0n) is 10.5. The number of hydrogen-bond acceptors (Lipinski definition) is 3. The van der Waals surface area contributed by atoms with Gasteiger partial charge in [0, 0.05) is 24.5 Å². The smallest absolute Gasteiger partial charge is 0.317 e. The van der Waals surface area contributed by atoms with Crippen LogP contribution in [-0.2, 0) is 11.2 Å². The van der Waals surface area contributed by atoms with Crippen molar-refractivity contribution in [3.63, 3.8) is 0 Å². The number of nitrogens with zero attached hydrogens (tertiary/aromatic N) is 1. The molecule has 102 valence electrons. The third-order valence-electron chi connectivity index (χ3n) is 2.97. The summed E-state index contributed by atoms with van der Waals surface area (Å²) < 4.78 is 5.79. The Morgan fingerprint density at radius 3 is 3.11 bits per heavy atom. The molecular formula is C14H16ClNO3. The minimum Gasteiger partial charge on any atom is -0.488 e. The second kappa shape index (κ2) is 6.08. The average Bonchev–Trinajstić information content (AvgIpc) is 2.69. The second-order valence-electron chi connectivity index (χ2n) is 4.57. The summed E-state index contributed by atoms with van der Waals surface area (Å²) in [6.07, 6.45) is 2.41. The highest BCUT2D eigenvalue weighted by Gasteiger charge is 2.25. The number of fused-ring (bicyclic) bond motifs is 1. The van der Waals surface area contributed by atoms with Gasteiger partial charge in [-0.2, -0.15) is 0 Å². The molecule has 0 radical (unpaired) electrons. The number of aliphatic carboxylic acids is 1. The van der Waals surface area contributed by atoms with Gasteiger partial charge < -0.3 is 9.84 Å². The summed E-state index contributed by atoms with van der Waals surface area (Å²) in [4.78, 5) is 12.6. The van der Waals surface area contributed by atoms with Gasteiger partial charge in [-0.1, -0.05) is 17.7 Å². The van der Waals surface area contributed by atoms with Gasteiger partial charge in [-0.05, 0) is 23.8 Å². The molecule has 0 spiro atoms. The van der Waals surface area contributed by atoms with Crippen molar-refractivity contribution in [1.29, 1.82) is 0 Å². The van der Waals surface area contributed by atoms with Crippen molar-refractivity contribution in [3.05, 3.63) is 41.4 Å². The lowest BCUT2D eigenvalue weighted by Crippen LogP contribution is -2.38. The van der Waals surface area contributed by atoms with Gasteiger partial charge in [-0.25, -0.2) is 0 Å². The van der Waals surface area contributed by atoms with E-state index < -0.39 is 5.97 Å². The molecule has 4 nitrogen and oxygen atoms in total. The lowest BCUT2D eigenvalue weighted by molar-refractivity contribution is -0.138. The van der Waals surface area contributed by atoms with E-state index in [9.17, 15) is 4.79 Å². The standard InChI is InChI=1S/C14H16ClNO3/c1-2-5-16(9-14(17)18)8-12-7-10-6-11(15)3-4-13(10)19-12/h2-4,6,12H,1,5,7-9H2,(H,17,18). The van der Waals surface area contributed by atoms with Crippen LogP contribution in [-0.4, -0.2) is 41.7 Å². The number of carbonyl (C=O) groups is 1. The van der Waals surface area contributed by atoms with Gasteiger partial charge in [0.15, 0.2) is 0 Å². The maximum absolute atomic E-state index is 10.8. The molecule has 0 saturated carbocycles. The molecule has 0 aromatic heterocycles. The normalized spacial score (nSPS) is 17.1. The molecule has 19 heavy (non-hydrogen) atoms. The quantitative estimate of drug-likeness (QED) is 0.813. The molecule has 1 heterocycles. The van der Waals surface area contributed by atoms with Crippen molar-refractivity contribution >= 4 is 17.6 Å². The first-order valence-corrected chi connectivity index (χ1v) is 6.46. The Hall–Kier alpha value is -1.52. The van der Waals surface area contributed by atoms with Crippen LogP contribution in [0, 0.1) is 0 Å². The van der Waals surface area contributed by atoms with Crippen molar-refractivity contribution in [3.8, 4) is 5.75 Å². The van der Waals surface area contributed by atoms with E-state index in [4.69, 9.17) is 21.4 Å². The molecule has 1 aliphatic heterocycles. The van der Waals surface area contributed by atoms with Crippen LogP contribution in [0.4, 0.5) is 0 Å². The van der Waals surface area contributed by atoms with Gasteiger partial charge in [-0.3, -0.25) is 9.69 Å². The fourth-order valence-corrected chi connectivity index (χ4v) is 2.45. The minimum absolute atomic E-state index is 0.0109. The Morgan fingerprint density at radius 1 is 1.63 bits per heavy atom. The molecule has 1 aromatic rings. The summed E-state index contributed by atoms with van der Waals surface area (Å²) in [7, 11) is 0. The molecule has 0 fully saturated rings. The molecule has 0 aliphatic carbocycles. The van der Waals surface area contributed by atoms with Crippen LogP contribution in [0.2, 0.25) is 5.02 Å². The summed E-state index contributed by atoms with van der Waals surface area (Å²) in [5.41, 5.74) is 1.08. The van der Waals surface area contributed by atoms with Crippen LogP contribution in [0.15, 0.2) is 30.9 Å². The maximum Gasteiger partial charge on any atom is 0.317 e. The largest absolute Gasteiger partial charge is 0.488 e. The first kappa shape index (κ1) is 13.9. The van der Waals surface area contributed by atoms with Gasteiger partial charge in [0.25, 0.3) is 0 Å². The van der Waals surface area contributed by atoms with Gasteiger partial charge in [0.05, 0.1) is 6.54 Å². The molecule has 1 aliphatic rings. The minimum atomic E-state index is -0.847. The highest BCUT2D eigenvalue weighted by Crippen LogP contribution is 2.31. The van der Waals surface area contributed by atoms with E-state index in [2.05, 4.69) is 6.58 Å². The molecule has 0 bridgehead atoms. The maximum atomic E-state index is 10.8. The van der Waals surface area contributed by atoms with E-state index in [1.165, 1.54) is 0 Å². The van der Waals surface area contributed by atoms with Crippen LogP contribution in [0.25, 0.3) is 0 Å². The van der Waals surface area contributed by atoms with E-state index >= 15 is 0 Å². The van der Waals surface area contributed by atoms with Gasteiger partial charge in [-0.15, -0.1) is 6.58 Å². The number of ether oxygens (including phenoxy) is 1. The molecule has 1 unspecified atom stereocenters. The van der Waals surface area contributed by atoms with Crippen LogP contribution in [0.1, 0.15) is 5.56 Å². The Balaban J connectivity index is 1.97. The molecule has 1 aromatic carbocycles. The van der Waals surface area contributed by atoms with Gasteiger partial charge >= 0.3 is 5.97 Å². The Bertz CT molecular complexity index is 490. The third-order valence-corrected chi connectivity index (χ3v) is 3.21. The van der Waals surface area contributed by atoms with E-state index in [0.29, 0.717) is 18.1 Å². The van der Waals surface area contributed by atoms with Crippen molar-refractivity contribution in [2.24, 2.45) is 0 Å². The van der Waals surface area contributed by atoms with Crippen molar-refractivity contribution in [1.82, 2.24) is 4.90 Å². The molecule has 1 atom stereocenters. The monoisotopic (exact) mass is 281 g/mol. The van der Waals surface area contributed by atoms with Crippen molar-refractivity contribution < 1.29 is 14.6 Å².